The van der Waals surface area contributed by atoms with Crippen LogP contribution in [-0.4, -0.2) is 13.1 Å². The maximum atomic E-state index is 12.6. The van der Waals surface area contributed by atoms with Crippen LogP contribution in [0.1, 0.15) is 5.56 Å². The lowest BCUT2D eigenvalue weighted by Crippen LogP contribution is -2.42. The number of hydrogen-bond donors (Lipinski definition) is 0. The Morgan fingerprint density at radius 2 is 1.79 bits per heavy atom. The van der Waals surface area contributed by atoms with Crippen LogP contribution in [0.15, 0.2) is 18.5 Å². The van der Waals surface area contributed by atoms with Gasteiger partial charge in [0.15, 0.2) is 0 Å². The Hall–Kier alpha value is -0.843. The molecule has 5 heteroatoms. The number of alkyl halides is 3. The molecule has 0 saturated carbocycles. The van der Waals surface area contributed by atoms with Gasteiger partial charge in [-0.05, 0) is 11.3 Å². The molecular formula is C9H12F3NSi. The molecule has 1 heterocycles. The van der Waals surface area contributed by atoms with E-state index in [1.807, 2.05) is 19.6 Å². The highest BCUT2D eigenvalue weighted by Crippen LogP contribution is 2.28. The fraction of sp³-hybridized carbons (Fsp3) is 0.444. The molecule has 0 bridgehead atoms. The van der Waals surface area contributed by atoms with Gasteiger partial charge in [0, 0.05) is 12.4 Å². The molecule has 0 atom stereocenters. The van der Waals surface area contributed by atoms with Gasteiger partial charge < -0.3 is 0 Å². The van der Waals surface area contributed by atoms with Crippen molar-refractivity contribution in [3.8, 4) is 0 Å². The number of nitrogens with zero attached hydrogens (tertiary/aromatic N) is 1. The molecule has 0 amide bonds. The van der Waals surface area contributed by atoms with Gasteiger partial charge in [-0.25, -0.2) is 0 Å². The van der Waals surface area contributed by atoms with Crippen LogP contribution < -0.4 is 5.19 Å². The van der Waals surface area contributed by atoms with Gasteiger partial charge in [-0.1, -0.05) is 19.6 Å². The van der Waals surface area contributed by atoms with E-state index in [0.29, 0.717) is 5.19 Å². The van der Waals surface area contributed by atoms with Gasteiger partial charge in [0.05, 0.1) is 13.6 Å². The molecular weight excluding hydrogens is 207 g/mol. The molecule has 0 unspecified atom stereocenters. The highest BCUT2D eigenvalue weighted by atomic mass is 28.3. The van der Waals surface area contributed by atoms with Gasteiger partial charge in [0.1, 0.15) is 0 Å². The molecule has 1 nitrogen and oxygen atoms in total. The zero-order valence-electron chi connectivity index (χ0n) is 8.31. The predicted octanol–water partition coefficient (Wildman–Crippen LogP) is 2.65. The van der Waals surface area contributed by atoms with E-state index in [1.165, 1.54) is 12.4 Å². The highest BCUT2D eigenvalue weighted by molar-refractivity contribution is 6.89. The van der Waals surface area contributed by atoms with Crippen molar-refractivity contribution in [2.24, 2.45) is 0 Å². The van der Waals surface area contributed by atoms with Crippen molar-refractivity contribution in [1.82, 2.24) is 4.98 Å². The van der Waals surface area contributed by atoms with Crippen molar-refractivity contribution in [3.05, 3.63) is 24.0 Å². The lowest BCUT2D eigenvalue weighted by molar-refractivity contribution is -0.136. The van der Waals surface area contributed by atoms with Gasteiger partial charge >= 0.3 is 6.18 Å². The first kappa shape index (κ1) is 11.2. The van der Waals surface area contributed by atoms with Crippen molar-refractivity contribution in [2.45, 2.75) is 25.8 Å². The first-order valence-corrected chi connectivity index (χ1v) is 7.74. The van der Waals surface area contributed by atoms with E-state index in [-0.39, 0.29) is 0 Å². The molecule has 0 fully saturated rings. The van der Waals surface area contributed by atoms with Gasteiger partial charge in [-0.2, -0.15) is 13.2 Å². The SMILES string of the molecule is C[Si](C)(C)c1cnccc1C(F)(F)F. The van der Waals surface area contributed by atoms with Crippen molar-refractivity contribution in [2.75, 3.05) is 0 Å². The Balaban J connectivity index is 3.31. The third-order valence-corrected chi connectivity index (χ3v) is 3.95. The highest BCUT2D eigenvalue weighted by Gasteiger charge is 2.36. The average Bonchev–Trinajstić information content (AvgIpc) is 2.01. The summed E-state index contributed by atoms with van der Waals surface area (Å²) in [5.74, 6) is 0. The number of halogens is 3. The second kappa shape index (κ2) is 3.38. The fourth-order valence-corrected chi connectivity index (χ4v) is 2.73. The molecule has 78 valence electrons. The summed E-state index contributed by atoms with van der Waals surface area (Å²) in [6, 6.07) is 1.05. The Kier molecular flexibility index (Phi) is 2.71. The van der Waals surface area contributed by atoms with E-state index >= 15 is 0 Å². The minimum absolute atomic E-state index is 0.368. The number of pyridine rings is 1. The van der Waals surface area contributed by atoms with Crippen LogP contribution in [0.25, 0.3) is 0 Å². The van der Waals surface area contributed by atoms with Gasteiger partial charge in [0.2, 0.25) is 0 Å². The zero-order valence-corrected chi connectivity index (χ0v) is 9.31. The summed E-state index contributed by atoms with van der Waals surface area (Å²) in [7, 11) is -1.97. The van der Waals surface area contributed by atoms with Gasteiger partial charge in [-0.3, -0.25) is 4.98 Å². The van der Waals surface area contributed by atoms with Crippen LogP contribution in [0.4, 0.5) is 13.2 Å². The summed E-state index contributed by atoms with van der Waals surface area (Å²) in [6.45, 7) is 5.62. The second-order valence-electron chi connectivity index (χ2n) is 4.17. The van der Waals surface area contributed by atoms with Gasteiger partial charge in [-0.15, -0.1) is 0 Å². The first-order valence-electron chi connectivity index (χ1n) is 4.24. The topological polar surface area (TPSA) is 12.9 Å². The summed E-state index contributed by atoms with van der Waals surface area (Å²) in [6.07, 6.45) is -1.74. The quantitative estimate of drug-likeness (QED) is 0.662. The summed E-state index contributed by atoms with van der Waals surface area (Å²) in [5.41, 5.74) is -0.535. The van der Waals surface area contributed by atoms with E-state index < -0.39 is 19.8 Å². The minimum atomic E-state index is -4.27. The summed E-state index contributed by atoms with van der Waals surface area (Å²) in [5, 5.41) is 0.368. The van der Waals surface area contributed by atoms with Crippen LogP contribution in [0.5, 0.6) is 0 Å². The number of rotatable bonds is 1. The van der Waals surface area contributed by atoms with E-state index in [0.717, 1.165) is 6.07 Å². The van der Waals surface area contributed by atoms with Crippen LogP contribution in [0, 0.1) is 0 Å². The zero-order chi connectivity index (χ0) is 11.0. The average molecular weight is 219 g/mol. The van der Waals surface area contributed by atoms with Crippen molar-refractivity contribution in [1.29, 1.82) is 0 Å². The van der Waals surface area contributed by atoms with Crippen molar-refractivity contribution in [3.63, 3.8) is 0 Å². The van der Waals surface area contributed by atoms with Crippen molar-refractivity contribution < 1.29 is 13.2 Å². The van der Waals surface area contributed by atoms with E-state index in [4.69, 9.17) is 0 Å². The largest absolute Gasteiger partial charge is 0.416 e. The molecule has 0 N–H and O–H groups in total. The molecule has 1 rings (SSSR count). The van der Waals surface area contributed by atoms with Crippen LogP contribution >= 0.6 is 0 Å². The van der Waals surface area contributed by atoms with E-state index in [9.17, 15) is 13.2 Å². The van der Waals surface area contributed by atoms with E-state index in [2.05, 4.69) is 4.98 Å². The van der Waals surface area contributed by atoms with Crippen molar-refractivity contribution >= 4 is 13.3 Å². The third-order valence-electron chi connectivity index (χ3n) is 1.93. The summed E-state index contributed by atoms with van der Waals surface area (Å²) >= 11 is 0. The molecule has 0 spiro atoms. The third kappa shape index (κ3) is 2.34. The number of hydrogen-bond acceptors (Lipinski definition) is 1. The molecule has 1 aromatic heterocycles. The second-order valence-corrected chi connectivity index (χ2v) is 9.21. The monoisotopic (exact) mass is 219 g/mol. The Bertz CT molecular complexity index is 295. The molecule has 0 radical (unpaired) electrons. The Labute approximate surface area is 82.0 Å². The molecule has 0 aliphatic heterocycles. The fourth-order valence-electron chi connectivity index (χ4n) is 1.24. The maximum Gasteiger partial charge on any atom is 0.416 e. The molecule has 14 heavy (non-hydrogen) atoms. The smallest absolute Gasteiger partial charge is 0.265 e. The normalized spacial score (nSPS) is 13.0. The van der Waals surface area contributed by atoms with Crippen LogP contribution in [-0.2, 0) is 6.18 Å². The Morgan fingerprint density at radius 1 is 1.21 bits per heavy atom. The standard InChI is InChI=1S/C9H12F3NSi/c1-14(2,3)8-6-13-5-4-7(8)9(10,11)12/h4-6H,1-3H3. The minimum Gasteiger partial charge on any atom is -0.265 e. The summed E-state index contributed by atoms with van der Waals surface area (Å²) in [4.78, 5) is 3.76. The predicted molar refractivity (Wildman–Crippen MR) is 52.2 cm³/mol. The first-order chi connectivity index (χ1) is 6.23. The lowest BCUT2D eigenvalue weighted by Gasteiger charge is -2.21. The molecule has 0 saturated heterocycles. The van der Waals surface area contributed by atoms with Gasteiger partial charge in [0.25, 0.3) is 0 Å². The molecule has 0 aromatic carbocycles. The van der Waals surface area contributed by atoms with Crippen LogP contribution in [0.3, 0.4) is 0 Å². The Morgan fingerprint density at radius 3 is 2.14 bits per heavy atom. The molecule has 0 aliphatic rings. The molecule has 0 aliphatic carbocycles. The summed E-state index contributed by atoms with van der Waals surface area (Å²) < 4.78 is 37.7. The number of aromatic nitrogens is 1. The van der Waals surface area contributed by atoms with E-state index in [1.54, 1.807) is 0 Å². The van der Waals surface area contributed by atoms with Crippen LogP contribution in [0.2, 0.25) is 19.6 Å². The maximum absolute atomic E-state index is 12.6. The molecule has 1 aromatic rings. The lowest BCUT2D eigenvalue weighted by atomic mass is 10.2.